The van der Waals surface area contributed by atoms with Gasteiger partial charge in [0.25, 0.3) is 0 Å². The summed E-state index contributed by atoms with van der Waals surface area (Å²) in [5.41, 5.74) is -0.0692. The highest BCUT2D eigenvalue weighted by molar-refractivity contribution is 5.87. The molecule has 1 heterocycles. The molecule has 5 nitrogen and oxygen atoms in total. The average molecular weight is 276 g/mol. The number of rotatable bonds is 5. The number of nitrogens with zero attached hydrogens (tertiary/aromatic N) is 1. The van der Waals surface area contributed by atoms with Crippen LogP contribution in [-0.2, 0) is 16.0 Å². The molecule has 0 aromatic carbocycles. The van der Waals surface area contributed by atoms with E-state index in [2.05, 4.69) is 10.3 Å². The van der Waals surface area contributed by atoms with Gasteiger partial charge in [-0.25, -0.2) is 4.79 Å². The molecule has 1 aromatic rings. The molecule has 2 rings (SSSR count). The van der Waals surface area contributed by atoms with Gasteiger partial charge in [0.1, 0.15) is 5.54 Å². The molecule has 0 radical (unpaired) electrons. The van der Waals surface area contributed by atoms with Crippen LogP contribution < -0.4 is 5.32 Å². The summed E-state index contributed by atoms with van der Waals surface area (Å²) in [5, 5.41) is 12.1. The minimum absolute atomic E-state index is 0.196. The summed E-state index contributed by atoms with van der Waals surface area (Å²) < 4.78 is 0. The van der Waals surface area contributed by atoms with Crippen molar-refractivity contribution in [3.8, 4) is 0 Å². The SMILES string of the molecule is O=C(CCc1cccnc1)NC1(C(=O)O)CCCCC1. The lowest BCUT2D eigenvalue weighted by atomic mass is 9.81. The molecular formula is C15H20N2O3. The van der Waals surface area contributed by atoms with Crippen molar-refractivity contribution in [1.29, 1.82) is 0 Å². The largest absolute Gasteiger partial charge is 0.480 e. The highest BCUT2D eigenvalue weighted by Gasteiger charge is 2.40. The summed E-state index contributed by atoms with van der Waals surface area (Å²) in [4.78, 5) is 27.5. The van der Waals surface area contributed by atoms with Gasteiger partial charge in [0.05, 0.1) is 0 Å². The van der Waals surface area contributed by atoms with Crippen molar-refractivity contribution >= 4 is 11.9 Å². The molecule has 1 aliphatic rings. The first-order valence-corrected chi connectivity index (χ1v) is 7.06. The predicted octanol–water partition coefficient (Wildman–Crippen LogP) is 1.92. The van der Waals surface area contributed by atoms with E-state index in [1.165, 1.54) is 0 Å². The lowest BCUT2D eigenvalue weighted by molar-refractivity contribution is -0.149. The molecule has 1 fully saturated rings. The van der Waals surface area contributed by atoms with Gasteiger partial charge in [0.2, 0.25) is 5.91 Å². The molecule has 2 N–H and O–H groups in total. The van der Waals surface area contributed by atoms with Crippen LogP contribution in [0.3, 0.4) is 0 Å². The number of carbonyl (C=O) groups is 2. The van der Waals surface area contributed by atoms with E-state index in [0.717, 1.165) is 24.8 Å². The van der Waals surface area contributed by atoms with Crippen LogP contribution in [0.5, 0.6) is 0 Å². The van der Waals surface area contributed by atoms with Gasteiger partial charge in [0.15, 0.2) is 0 Å². The number of carboxylic acids is 1. The van der Waals surface area contributed by atoms with Crippen LogP contribution in [0.25, 0.3) is 0 Å². The Hall–Kier alpha value is -1.91. The number of amides is 1. The molecule has 1 aromatic heterocycles. The summed E-state index contributed by atoms with van der Waals surface area (Å²) in [6.07, 6.45) is 8.09. The van der Waals surface area contributed by atoms with E-state index >= 15 is 0 Å². The highest BCUT2D eigenvalue weighted by Crippen LogP contribution is 2.28. The normalized spacial score (nSPS) is 17.4. The number of carboxylic acid groups (broad SMARTS) is 1. The minimum atomic E-state index is -1.05. The summed E-state index contributed by atoms with van der Waals surface area (Å²) >= 11 is 0. The molecule has 0 unspecified atom stereocenters. The van der Waals surface area contributed by atoms with Gasteiger partial charge in [-0.15, -0.1) is 0 Å². The zero-order valence-electron chi connectivity index (χ0n) is 11.5. The van der Waals surface area contributed by atoms with Crippen LogP contribution in [0.4, 0.5) is 0 Å². The second-order valence-corrected chi connectivity index (χ2v) is 5.36. The highest BCUT2D eigenvalue weighted by atomic mass is 16.4. The van der Waals surface area contributed by atoms with Gasteiger partial charge in [-0.05, 0) is 30.9 Å². The van der Waals surface area contributed by atoms with E-state index in [9.17, 15) is 14.7 Å². The summed E-state index contributed by atoms with van der Waals surface area (Å²) in [7, 11) is 0. The van der Waals surface area contributed by atoms with E-state index in [1.54, 1.807) is 12.4 Å². The van der Waals surface area contributed by atoms with Crippen molar-refractivity contribution in [3.63, 3.8) is 0 Å². The Balaban J connectivity index is 1.90. The first-order valence-electron chi connectivity index (χ1n) is 7.06. The van der Waals surface area contributed by atoms with E-state index in [1.807, 2.05) is 12.1 Å². The number of aliphatic carboxylic acids is 1. The summed E-state index contributed by atoms with van der Waals surface area (Å²) in [5.74, 6) is -1.11. The monoisotopic (exact) mass is 276 g/mol. The number of hydrogen-bond acceptors (Lipinski definition) is 3. The van der Waals surface area contributed by atoms with Crippen LogP contribution in [-0.4, -0.2) is 27.5 Å². The molecule has 5 heteroatoms. The van der Waals surface area contributed by atoms with Crippen molar-refractivity contribution in [2.45, 2.75) is 50.5 Å². The molecule has 0 atom stereocenters. The first-order chi connectivity index (χ1) is 9.62. The van der Waals surface area contributed by atoms with Crippen molar-refractivity contribution in [2.24, 2.45) is 0 Å². The Bertz CT molecular complexity index is 467. The number of hydrogen-bond donors (Lipinski definition) is 2. The lowest BCUT2D eigenvalue weighted by Gasteiger charge is -2.34. The van der Waals surface area contributed by atoms with Gasteiger partial charge >= 0.3 is 5.97 Å². The second-order valence-electron chi connectivity index (χ2n) is 5.36. The average Bonchev–Trinajstić information content (AvgIpc) is 2.47. The van der Waals surface area contributed by atoms with Crippen molar-refractivity contribution in [3.05, 3.63) is 30.1 Å². The van der Waals surface area contributed by atoms with Gasteiger partial charge in [-0.1, -0.05) is 25.3 Å². The summed E-state index contributed by atoms with van der Waals surface area (Å²) in [6, 6.07) is 3.74. The second kappa shape index (κ2) is 6.50. The van der Waals surface area contributed by atoms with E-state index < -0.39 is 11.5 Å². The van der Waals surface area contributed by atoms with E-state index in [0.29, 0.717) is 25.7 Å². The molecule has 0 aliphatic heterocycles. The zero-order chi connectivity index (χ0) is 14.4. The maximum absolute atomic E-state index is 12.0. The Morgan fingerprint density at radius 3 is 2.65 bits per heavy atom. The summed E-state index contributed by atoms with van der Waals surface area (Å²) in [6.45, 7) is 0. The Labute approximate surface area is 118 Å². The quantitative estimate of drug-likeness (QED) is 0.861. The first kappa shape index (κ1) is 14.5. The standard InChI is InChI=1S/C15H20N2O3/c18-13(7-6-12-5-4-10-16-11-12)17-15(14(19)20)8-2-1-3-9-15/h4-5,10-11H,1-3,6-9H2,(H,17,18)(H,19,20). The molecule has 0 saturated heterocycles. The fourth-order valence-corrected chi connectivity index (χ4v) is 2.68. The molecule has 0 bridgehead atoms. The number of pyridine rings is 1. The van der Waals surface area contributed by atoms with Crippen molar-refractivity contribution < 1.29 is 14.7 Å². The van der Waals surface area contributed by atoms with E-state index in [-0.39, 0.29) is 5.91 Å². The third-order valence-corrected chi connectivity index (χ3v) is 3.86. The topological polar surface area (TPSA) is 79.3 Å². The van der Waals surface area contributed by atoms with Crippen LogP contribution in [0, 0.1) is 0 Å². The van der Waals surface area contributed by atoms with Crippen LogP contribution in [0.2, 0.25) is 0 Å². The van der Waals surface area contributed by atoms with Gasteiger partial charge in [-0.3, -0.25) is 9.78 Å². The Kier molecular flexibility index (Phi) is 4.71. The molecule has 20 heavy (non-hydrogen) atoms. The van der Waals surface area contributed by atoms with E-state index in [4.69, 9.17) is 0 Å². The van der Waals surface area contributed by atoms with Crippen molar-refractivity contribution in [1.82, 2.24) is 10.3 Å². The fraction of sp³-hybridized carbons (Fsp3) is 0.533. The number of aryl methyl sites for hydroxylation is 1. The minimum Gasteiger partial charge on any atom is -0.480 e. The van der Waals surface area contributed by atoms with Gasteiger partial charge < -0.3 is 10.4 Å². The predicted molar refractivity (Wildman–Crippen MR) is 74.2 cm³/mol. The molecule has 1 saturated carbocycles. The van der Waals surface area contributed by atoms with Crippen LogP contribution in [0.1, 0.15) is 44.1 Å². The van der Waals surface area contributed by atoms with Crippen molar-refractivity contribution in [2.75, 3.05) is 0 Å². The van der Waals surface area contributed by atoms with Crippen LogP contribution in [0.15, 0.2) is 24.5 Å². The molecular weight excluding hydrogens is 256 g/mol. The zero-order valence-corrected chi connectivity index (χ0v) is 11.5. The molecule has 1 aliphatic carbocycles. The number of carbonyl (C=O) groups excluding carboxylic acids is 1. The van der Waals surface area contributed by atoms with Gasteiger partial charge in [-0.2, -0.15) is 0 Å². The Morgan fingerprint density at radius 2 is 2.05 bits per heavy atom. The fourth-order valence-electron chi connectivity index (χ4n) is 2.68. The maximum atomic E-state index is 12.0. The third-order valence-electron chi connectivity index (χ3n) is 3.86. The lowest BCUT2D eigenvalue weighted by Crippen LogP contribution is -2.55. The van der Waals surface area contributed by atoms with Crippen LogP contribution >= 0.6 is 0 Å². The Morgan fingerprint density at radius 1 is 1.30 bits per heavy atom. The van der Waals surface area contributed by atoms with Gasteiger partial charge in [0, 0.05) is 18.8 Å². The third kappa shape index (κ3) is 3.56. The maximum Gasteiger partial charge on any atom is 0.329 e. The molecule has 1 amide bonds. The molecule has 0 spiro atoms. The number of nitrogens with one attached hydrogen (secondary N) is 1. The molecule has 108 valence electrons. The number of aromatic nitrogens is 1. The smallest absolute Gasteiger partial charge is 0.329 e.